The Labute approximate surface area is 272 Å². The van der Waals surface area contributed by atoms with Gasteiger partial charge >= 0.3 is 0 Å². The first kappa shape index (κ1) is 30.0. The van der Waals surface area contributed by atoms with Crippen LogP contribution in [0.1, 0.15) is 45.7 Å². The Morgan fingerprint density at radius 1 is 0.457 bits per heavy atom. The highest BCUT2D eigenvalue weighted by Crippen LogP contribution is 2.52. The molecule has 1 heterocycles. The summed E-state index contributed by atoms with van der Waals surface area (Å²) in [6, 6.07) is 50.2. The summed E-state index contributed by atoms with van der Waals surface area (Å²) in [5, 5.41) is 7.03. The maximum absolute atomic E-state index is 11.5. The average molecular weight is 635 g/mol. The minimum absolute atomic E-state index is 0.326. The Morgan fingerprint density at radius 2 is 0.826 bits per heavy atom. The van der Waals surface area contributed by atoms with Crippen LogP contribution in [-0.2, 0) is 5.41 Å². The van der Waals surface area contributed by atoms with Gasteiger partial charge < -0.3 is 4.74 Å². The summed E-state index contributed by atoms with van der Waals surface area (Å²) >= 11 is 0. The van der Waals surface area contributed by atoms with Crippen molar-refractivity contribution in [3.05, 3.63) is 168 Å². The summed E-state index contributed by atoms with van der Waals surface area (Å²) in [4.78, 5) is 23.0. The lowest BCUT2D eigenvalue weighted by atomic mass is 9.76. The second-order valence-corrected chi connectivity index (χ2v) is 16.2. The highest BCUT2D eigenvalue weighted by Gasteiger charge is 2.39. The van der Waals surface area contributed by atoms with E-state index in [2.05, 4.69) is 123 Å². The van der Waals surface area contributed by atoms with Crippen LogP contribution in [0.4, 0.5) is 0 Å². The van der Waals surface area contributed by atoms with Gasteiger partial charge in [-0.05, 0) is 37.1 Å². The fraction of sp³-hybridized carbons (Fsp3) is 0.0732. The van der Waals surface area contributed by atoms with E-state index < -0.39 is 15.8 Å². The highest BCUT2D eigenvalue weighted by atomic mass is 31.1. The quantitative estimate of drug-likeness (QED) is 0.131. The lowest BCUT2D eigenvalue weighted by molar-refractivity contribution is 0.111. The highest BCUT2D eigenvalue weighted by molar-refractivity contribution is 7.80. The number of para-hydroxylation sites is 2. The van der Waals surface area contributed by atoms with E-state index in [1.54, 1.807) is 0 Å². The molecule has 1 aliphatic heterocycles. The standard InChI is InChI=1S/C41H32O3P2/c1-41(2)35-15-9-17-37(45(31-11-5-3-6-12-31)33-23-19-29(27-42)20-24-33)39(35)44-40-36(41)16-10-18-38(40)46(32-13-7-4-8-14-32)34-25-21-30(28-43)22-26-34/h3-28H,1-2H3. The molecule has 0 aromatic heterocycles. The molecule has 0 saturated carbocycles. The van der Waals surface area contributed by atoms with Crippen LogP contribution in [0.15, 0.2) is 146 Å². The molecule has 46 heavy (non-hydrogen) atoms. The number of carbonyl (C=O) groups excluding carboxylic acids is 2. The van der Waals surface area contributed by atoms with Gasteiger partial charge in [0.1, 0.15) is 24.1 Å². The molecule has 0 aliphatic carbocycles. The van der Waals surface area contributed by atoms with Gasteiger partial charge in [0.15, 0.2) is 0 Å². The average Bonchev–Trinajstić information content (AvgIpc) is 3.11. The molecule has 6 aromatic carbocycles. The minimum Gasteiger partial charge on any atom is -0.455 e. The molecule has 0 amide bonds. The van der Waals surface area contributed by atoms with Gasteiger partial charge in [0, 0.05) is 38.3 Å². The lowest BCUT2D eigenvalue weighted by Gasteiger charge is -2.38. The number of rotatable bonds is 8. The zero-order valence-electron chi connectivity index (χ0n) is 25.6. The van der Waals surface area contributed by atoms with Gasteiger partial charge in [0.25, 0.3) is 0 Å². The number of fused-ring (bicyclic) bond motifs is 2. The number of benzene rings is 6. The summed E-state index contributed by atoms with van der Waals surface area (Å²) in [6.07, 6.45) is 1.78. The summed E-state index contributed by atoms with van der Waals surface area (Å²) in [6.45, 7) is 4.57. The zero-order valence-corrected chi connectivity index (χ0v) is 27.4. The fourth-order valence-corrected chi connectivity index (χ4v) is 11.0. The van der Waals surface area contributed by atoms with Crippen LogP contribution in [0.5, 0.6) is 11.5 Å². The van der Waals surface area contributed by atoms with Crippen LogP contribution in [0.2, 0.25) is 0 Å². The third kappa shape index (κ3) is 5.41. The molecule has 5 heteroatoms. The van der Waals surface area contributed by atoms with Crippen molar-refractivity contribution in [3.8, 4) is 11.5 Å². The number of hydrogen-bond acceptors (Lipinski definition) is 3. The molecule has 6 aromatic rings. The maximum Gasteiger partial charge on any atom is 0.150 e. The maximum atomic E-state index is 11.5. The molecule has 1 aliphatic rings. The molecule has 2 atom stereocenters. The second kappa shape index (κ2) is 12.6. The first-order valence-electron chi connectivity index (χ1n) is 15.3. The summed E-state index contributed by atoms with van der Waals surface area (Å²) in [7, 11) is -1.99. The molecular weight excluding hydrogens is 602 g/mol. The van der Waals surface area contributed by atoms with E-state index in [9.17, 15) is 9.59 Å². The van der Waals surface area contributed by atoms with Crippen LogP contribution >= 0.6 is 15.8 Å². The van der Waals surface area contributed by atoms with Crippen molar-refractivity contribution in [2.45, 2.75) is 19.3 Å². The molecule has 0 fully saturated rings. The fourth-order valence-electron chi connectivity index (χ4n) is 6.26. The largest absolute Gasteiger partial charge is 0.455 e. The Kier molecular flexibility index (Phi) is 8.22. The van der Waals surface area contributed by atoms with Crippen molar-refractivity contribution in [1.82, 2.24) is 0 Å². The smallest absolute Gasteiger partial charge is 0.150 e. The molecule has 0 spiro atoms. The van der Waals surface area contributed by atoms with Crippen molar-refractivity contribution in [2.75, 3.05) is 0 Å². The number of hydrogen-bond donors (Lipinski definition) is 0. The molecular formula is C41H32O3P2. The Balaban J connectivity index is 1.44. The van der Waals surface area contributed by atoms with Gasteiger partial charge in [-0.1, -0.05) is 159 Å². The third-order valence-corrected chi connectivity index (χ3v) is 13.6. The first-order valence-corrected chi connectivity index (χ1v) is 17.9. The van der Waals surface area contributed by atoms with Crippen molar-refractivity contribution >= 4 is 60.2 Å². The Morgan fingerprint density at radius 3 is 1.20 bits per heavy atom. The molecule has 7 rings (SSSR count). The molecule has 0 N–H and O–H groups in total. The van der Waals surface area contributed by atoms with Crippen LogP contribution in [0.3, 0.4) is 0 Å². The number of aldehydes is 2. The molecule has 0 bridgehead atoms. The Bertz CT molecular complexity index is 1870. The van der Waals surface area contributed by atoms with E-state index in [1.807, 2.05) is 36.4 Å². The first-order chi connectivity index (χ1) is 22.5. The Hall–Kier alpha value is -4.68. The lowest BCUT2D eigenvalue weighted by Crippen LogP contribution is -2.32. The normalized spacial score (nSPS) is 14.2. The zero-order chi connectivity index (χ0) is 31.7. The minimum atomic E-state index is -0.996. The second-order valence-electron chi connectivity index (χ2n) is 11.8. The van der Waals surface area contributed by atoms with Crippen molar-refractivity contribution < 1.29 is 14.3 Å². The molecule has 0 radical (unpaired) electrons. The van der Waals surface area contributed by atoms with Gasteiger partial charge in [-0.3, -0.25) is 9.59 Å². The van der Waals surface area contributed by atoms with Gasteiger partial charge in [0.2, 0.25) is 0 Å². The van der Waals surface area contributed by atoms with E-state index in [0.29, 0.717) is 11.1 Å². The van der Waals surface area contributed by atoms with Gasteiger partial charge in [-0.25, -0.2) is 0 Å². The van der Waals surface area contributed by atoms with Crippen molar-refractivity contribution in [3.63, 3.8) is 0 Å². The predicted molar refractivity (Wildman–Crippen MR) is 193 cm³/mol. The summed E-state index contributed by atoms with van der Waals surface area (Å²) in [5.41, 5.74) is 3.30. The molecule has 2 unspecified atom stereocenters. The topological polar surface area (TPSA) is 43.4 Å². The van der Waals surface area contributed by atoms with Gasteiger partial charge in [-0.15, -0.1) is 0 Å². The number of ether oxygens (including phenoxy) is 1. The van der Waals surface area contributed by atoms with Crippen molar-refractivity contribution in [1.29, 1.82) is 0 Å². The van der Waals surface area contributed by atoms with E-state index in [0.717, 1.165) is 56.4 Å². The molecule has 3 nitrogen and oxygen atoms in total. The molecule has 0 saturated heterocycles. The SMILES string of the molecule is CC1(C)c2cccc(P(c3ccccc3)c3ccc(C=O)cc3)c2Oc2c(P(c3ccccc3)c3ccc(C=O)cc3)cccc21. The van der Waals surface area contributed by atoms with Crippen LogP contribution < -0.4 is 36.6 Å². The molecule has 224 valence electrons. The van der Waals surface area contributed by atoms with E-state index >= 15 is 0 Å². The monoisotopic (exact) mass is 634 g/mol. The third-order valence-electron chi connectivity index (χ3n) is 8.62. The van der Waals surface area contributed by atoms with Crippen LogP contribution in [-0.4, -0.2) is 12.6 Å². The van der Waals surface area contributed by atoms with Crippen LogP contribution in [0.25, 0.3) is 0 Å². The van der Waals surface area contributed by atoms with Crippen molar-refractivity contribution in [2.24, 2.45) is 0 Å². The van der Waals surface area contributed by atoms with E-state index in [4.69, 9.17) is 4.74 Å². The summed E-state index contributed by atoms with van der Waals surface area (Å²) in [5.74, 6) is 1.81. The van der Waals surface area contributed by atoms with Gasteiger partial charge in [-0.2, -0.15) is 0 Å². The van der Waals surface area contributed by atoms with E-state index in [1.165, 1.54) is 10.6 Å². The van der Waals surface area contributed by atoms with Crippen LogP contribution in [0, 0.1) is 0 Å². The van der Waals surface area contributed by atoms with E-state index in [-0.39, 0.29) is 5.41 Å². The predicted octanol–water partition coefficient (Wildman–Crippen LogP) is 7.26. The number of carbonyl (C=O) groups is 2. The van der Waals surface area contributed by atoms with Gasteiger partial charge in [0.05, 0.1) is 0 Å². The summed E-state index contributed by atoms with van der Waals surface area (Å²) < 4.78 is 7.23.